The van der Waals surface area contributed by atoms with Crippen molar-refractivity contribution >= 4 is 17.8 Å². The molecule has 0 saturated carbocycles. The third-order valence-electron chi connectivity index (χ3n) is 5.69. The van der Waals surface area contributed by atoms with Gasteiger partial charge >= 0.3 is 17.6 Å². The average Bonchev–Trinajstić information content (AvgIpc) is 3.09. The Balaban J connectivity index is 2.02. The van der Waals surface area contributed by atoms with E-state index in [9.17, 15) is 29.4 Å². The summed E-state index contributed by atoms with van der Waals surface area (Å²) in [6, 6.07) is 13.8. The van der Waals surface area contributed by atoms with Crippen molar-refractivity contribution in [1.82, 2.24) is 9.13 Å². The van der Waals surface area contributed by atoms with Crippen LogP contribution in [0.25, 0.3) is 11.1 Å². The lowest BCUT2D eigenvalue weighted by molar-refractivity contribution is 0.0667. The molecule has 3 aromatic rings. The van der Waals surface area contributed by atoms with Gasteiger partial charge in [0.25, 0.3) is 0 Å². The highest BCUT2D eigenvalue weighted by Crippen LogP contribution is 2.24. The minimum atomic E-state index is -1.30. The van der Waals surface area contributed by atoms with Crippen molar-refractivity contribution in [3.05, 3.63) is 81.5 Å². The van der Waals surface area contributed by atoms with Crippen molar-refractivity contribution in [3.8, 4) is 11.1 Å². The van der Waals surface area contributed by atoms with E-state index in [-0.39, 0.29) is 24.2 Å². The molecule has 3 rings (SSSR count). The van der Waals surface area contributed by atoms with Crippen molar-refractivity contribution in [2.75, 3.05) is 0 Å². The minimum Gasteiger partial charge on any atom is -0.478 e. The van der Waals surface area contributed by atoms with Crippen LogP contribution < -0.4 is 5.69 Å². The average molecular weight is 465 g/mol. The van der Waals surface area contributed by atoms with E-state index < -0.39 is 23.5 Å². The largest absolute Gasteiger partial charge is 0.478 e. The van der Waals surface area contributed by atoms with Crippen LogP contribution in [0.1, 0.15) is 76.4 Å². The normalized spacial score (nSPS) is 10.9. The third kappa shape index (κ3) is 5.01. The van der Waals surface area contributed by atoms with Gasteiger partial charge in [-0.15, -0.1) is 0 Å². The number of nitrogens with zero attached hydrogens (tertiary/aromatic N) is 2. The van der Waals surface area contributed by atoms with Gasteiger partial charge in [0.15, 0.2) is 5.69 Å². The van der Waals surface area contributed by atoms with Gasteiger partial charge in [-0.05, 0) is 35.6 Å². The van der Waals surface area contributed by atoms with E-state index in [1.165, 1.54) is 10.6 Å². The molecule has 0 unspecified atom stereocenters. The van der Waals surface area contributed by atoms with Crippen LogP contribution in [0.3, 0.4) is 0 Å². The lowest BCUT2D eigenvalue weighted by Crippen LogP contribution is -2.31. The first-order chi connectivity index (χ1) is 16.3. The standard InChI is InChI=1S/C26H28N2O6/c1-3-5-11-22(29)28-23(25(32)33)21(8-4-2)27(26(28)34)16-17-12-14-18(15-13-17)19-9-6-7-10-20(19)24(30)31/h6-7,9-10,12-15H,3-5,8,11,16H2,1-2H3,(H,30,31)(H,32,33). The zero-order valence-electron chi connectivity index (χ0n) is 19.3. The Hall–Kier alpha value is -3.94. The molecule has 2 aromatic carbocycles. The SMILES string of the molecule is CCCCC(=O)n1c(C(=O)O)c(CCC)n(Cc2ccc(-c3ccccc3C(=O)O)cc2)c1=O. The second-order valence-corrected chi connectivity index (χ2v) is 8.10. The molecule has 0 atom stereocenters. The summed E-state index contributed by atoms with van der Waals surface area (Å²) in [6.45, 7) is 3.90. The molecule has 0 amide bonds. The second-order valence-electron chi connectivity index (χ2n) is 8.10. The van der Waals surface area contributed by atoms with E-state index in [1.807, 2.05) is 13.8 Å². The number of carbonyl (C=O) groups is 3. The summed E-state index contributed by atoms with van der Waals surface area (Å²) in [5.74, 6) is -2.84. The van der Waals surface area contributed by atoms with Gasteiger partial charge in [0, 0.05) is 6.42 Å². The number of hydrogen-bond acceptors (Lipinski definition) is 4. The summed E-state index contributed by atoms with van der Waals surface area (Å²) in [7, 11) is 0. The van der Waals surface area contributed by atoms with E-state index in [2.05, 4.69) is 0 Å². The fraction of sp³-hybridized carbons (Fsp3) is 0.308. The molecule has 0 radical (unpaired) electrons. The maximum absolute atomic E-state index is 13.2. The molecule has 1 aromatic heterocycles. The van der Waals surface area contributed by atoms with Crippen LogP contribution in [-0.4, -0.2) is 37.2 Å². The number of aromatic nitrogens is 2. The number of carboxylic acids is 2. The van der Waals surface area contributed by atoms with Gasteiger partial charge < -0.3 is 10.2 Å². The van der Waals surface area contributed by atoms with Crippen LogP contribution in [0.15, 0.2) is 53.3 Å². The van der Waals surface area contributed by atoms with Crippen LogP contribution in [0.2, 0.25) is 0 Å². The molecule has 8 heteroatoms. The predicted octanol–water partition coefficient (Wildman–Crippen LogP) is 4.54. The molecule has 0 fully saturated rings. The number of aromatic carboxylic acids is 2. The maximum Gasteiger partial charge on any atom is 0.354 e. The van der Waals surface area contributed by atoms with Crippen LogP contribution in [0.4, 0.5) is 0 Å². The summed E-state index contributed by atoms with van der Waals surface area (Å²) >= 11 is 0. The molecule has 0 saturated heterocycles. The summed E-state index contributed by atoms with van der Waals surface area (Å²) in [4.78, 5) is 49.4. The smallest absolute Gasteiger partial charge is 0.354 e. The number of benzene rings is 2. The first-order valence-electron chi connectivity index (χ1n) is 11.3. The Labute approximate surface area is 197 Å². The summed E-state index contributed by atoms with van der Waals surface area (Å²) in [6.07, 6.45) is 2.37. The molecule has 0 aliphatic heterocycles. The third-order valence-corrected chi connectivity index (χ3v) is 5.69. The van der Waals surface area contributed by atoms with Gasteiger partial charge in [0.1, 0.15) is 0 Å². The van der Waals surface area contributed by atoms with Crippen LogP contribution in [0.5, 0.6) is 0 Å². The van der Waals surface area contributed by atoms with E-state index in [0.29, 0.717) is 36.1 Å². The summed E-state index contributed by atoms with van der Waals surface area (Å²) in [5.41, 5.74) is 1.61. The number of imidazole rings is 1. The second kappa shape index (κ2) is 10.8. The molecule has 0 aliphatic carbocycles. The number of carbonyl (C=O) groups excluding carboxylic acids is 1. The number of rotatable bonds is 10. The molecule has 34 heavy (non-hydrogen) atoms. The van der Waals surface area contributed by atoms with E-state index in [1.54, 1.807) is 42.5 Å². The highest BCUT2D eigenvalue weighted by Gasteiger charge is 2.27. The Morgan fingerprint density at radius 1 is 0.882 bits per heavy atom. The van der Waals surface area contributed by atoms with Gasteiger partial charge in [-0.1, -0.05) is 69.2 Å². The molecule has 8 nitrogen and oxygen atoms in total. The van der Waals surface area contributed by atoms with Gasteiger partial charge in [0.05, 0.1) is 17.8 Å². The fourth-order valence-electron chi connectivity index (χ4n) is 4.03. The van der Waals surface area contributed by atoms with Gasteiger partial charge in [0.2, 0.25) is 5.91 Å². The van der Waals surface area contributed by atoms with E-state index in [4.69, 9.17) is 0 Å². The Bertz CT molecular complexity index is 1270. The van der Waals surface area contributed by atoms with Crippen molar-refractivity contribution in [2.45, 2.75) is 52.5 Å². The number of hydrogen-bond donors (Lipinski definition) is 2. The molecule has 0 bridgehead atoms. The highest BCUT2D eigenvalue weighted by molar-refractivity contribution is 5.96. The molecule has 2 N–H and O–H groups in total. The minimum absolute atomic E-state index is 0.101. The number of unbranched alkanes of at least 4 members (excludes halogenated alkanes) is 1. The first kappa shape index (κ1) is 24.7. The van der Waals surface area contributed by atoms with E-state index in [0.717, 1.165) is 16.6 Å². The molecule has 0 aliphatic rings. The van der Waals surface area contributed by atoms with Crippen LogP contribution in [0, 0.1) is 0 Å². The molecular formula is C26H28N2O6. The number of carboxylic acid groups (broad SMARTS) is 2. The van der Waals surface area contributed by atoms with Crippen LogP contribution >= 0.6 is 0 Å². The monoisotopic (exact) mass is 464 g/mol. The van der Waals surface area contributed by atoms with Gasteiger partial charge in [-0.3, -0.25) is 9.36 Å². The molecule has 178 valence electrons. The Kier molecular flexibility index (Phi) is 7.83. The predicted molar refractivity (Wildman–Crippen MR) is 128 cm³/mol. The molecule has 1 heterocycles. The van der Waals surface area contributed by atoms with Crippen molar-refractivity contribution < 1.29 is 24.6 Å². The molecule has 0 spiro atoms. The van der Waals surface area contributed by atoms with Gasteiger partial charge in [-0.2, -0.15) is 0 Å². The summed E-state index contributed by atoms with van der Waals surface area (Å²) < 4.78 is 2.16. The van der Waals surface area contributed by atoms with Gasteiger partial charge in [-0.25, -0.2) is 19.0 Å². The van der Waals surface area contributed by atoms with Crippen LogP contribution in [-0.2, 0) is 13.0 Å². The zero-order chi connectivity index (χ0) is 24.8. The Morgan fingerprint density at radius 3 is 2.15 bits per heavy atom. The zero-order valence-corrected chi connectivity index (χ0v) is 19.3. The lowest BCUT2D eigenvalue weighted by atomic mass is 9.99. The van der Waals surface area contributed by atoms with Crippen molar-refractivity contribution in [2.24, 2.45) is 0 Å². The lowest BCUT2D eigenvalue weighted by Gasteiger charge is -2.10. The summed E-state index contributed by atoms with van der Waals surface area (Å²) in [5, 5.41) is 19.3. The topological polar surface area (TPSA) is 119 Å². The van der Waals surface area contributed by atoms with E-state index >= 15 is 0 Å². The van der Waals surface area contributed by atoms with Crippen molar-refractivity contribution in [1.29, 1.82) is 0 Å². The highest BCUT2D eigenvalue weighted by atomic mass is 16.4. The maximum atomic E-state index is 13.2. The first-order valence-corrected chi connectivity index (χ1v) is 11.3. The molecular weight excluding hydrogens is 436 g/mol. The Morgan fingerprint density at radius 2 is 1.56 bits per heavy atom. The quantitative estimate of drug-likeness (QED) is 0.455. The fourth-order valence-corrected chi connectivity index (χ4v) is 4.03. The van der Waals surface area contributed by atoms with Crippen molar-refractivity contribution in [3.63, 3.8) is 0 Å².